The van der Waals surface area contributed by atoms with Crippen molar-refractivity contribution in [2.75, 3.05) is 0 Å². The van der Waals surface area contributed by atoms with E-state index < -0.39 is 5.79 Å². The summed E-state index contributed by atoms with van der Waals surface area (Å²) in [5.74, 6) is 0.529. The zero-order valence-electron chi connectivity index (χ0n) is 16.7. The second-order valence-electron chi connectivity index (χ2n) is 7.47. The second kappa shape index (κ2) is 8.14. The minimum atomic E-state index is -0.937. The van der Waals surface area contributed by atoms with Gasteiger partial charge in [-0.1, -0.05) is 11.6 Å². The molecule has 0 saturated carbocycles. The summed E-state index contributed by atoms with van der Waals surface area (Å²) in [5, 5.41) is 4.93. The zero-order valence-corrected chi connectivity index (χ0v) is 17.5. The van der Waals surface area contributed by atoms with Crippen LogP contribution >= 0.6 is 11.6 Å². The topological polar surface area (TPSA) is 58.4 Å². The number of aromatic nitrogens is 3. The molecule has 4 rings (SSSR count). The molecule has 0 spiro atoms. The zero-order chi connectivity index (χ0) is 20.4. The van der Waals surface area contributed by atoms with E-state index in [-0.39, 0.29) is 12.2 Å². The molecule has 2 aromatic carbocycles. The summed E-state index contributed by atoms with van der Waals surface area (Å²) >= 11 is 5.95. The number of halogens is 1. The standard InChI is InChI=1S/C22H24ClN3O3/c1-15-10-20(27-19-6-4-18(23)5-7-19)8-9-21(15)22(12-26-14-24-13-25-26)28-16(2)11-17(3)29-22/h4-10,13-14,16-17H,11-12H2,1-3H3. The molecule has 3 aromatic rings. The molecule has 1 aliphatic rings. The smallest absolute Gasteiger partial charge is 0.216 e. The van der Waals surface area contributed by atoms with Crippen molar-refractivity contribution in [1.29, 1.82) is 0 Å². The quantitative estimate of drug-likeness (QED) is 0.582. The molecule has 0 amide bonds. The Balaban J connectivity index is 1.66. The van der Waals surface area contributed by atoms with E-state index in [4.69, 9.17) is 25.8 Å². The SMILES string of the molecule is Cc1cc(Oc2ccc(Cl)cc2)ccc1C1(Cn2cncn2)OC(C)CC(C)O1. The fraction of sp³-hybridized carbons (Fsp3) is 0.364. The molecular weight excluding hydrogens is 390 g/mol. The van der Waals surface area contributed by atoms with E-state index in [1.807, 2.05) is 37.3 Å². The van der Waals surface area contributed by atoms with E-state index in [2.05, 4.69) is 23.9 Å². The monoisotopic (exact) mass is 413 g/mol. The molecule has 6 nitrogen and oxygen atoms in total. The Hall–Kier alpha value is -2.41. The van der Waals surface area contributed by atoms with Gasteiger partial charge >= 0.3 is 0 Å². The predicted octanol–water partition coefficient (Wildman–Crippen LogP) is 5.10. The first kappa shape index (κ1) is 19.9. The van der Waals surface area contributed by atoms with Crippen LogP contribution in [0.3, 0.4) is 0 Å². The average Bonchev–Trinajstić information content (AvgIpc) is 3.15. The van der Waals surface area contributed by atoms with Crippen LogP contribution in [0.5, 0.6) is 11.5 Å². The number of hydrogen-bond donors (Lipinski definition) is 0. The summed E-state index contributed by atoms with van der Waals surface area (Å²) in [4.78, 5) is 4.05. The number of nitrogens with zero attached hydrogens (tertiary/aromatic N) is 3. The number of benzene rings is 2. The lowest BCUT2D eigenvalue weighted by Crippen LogP contribution is -2.48. The third kappa shape index (κ3) is 4.45. The van der Waals surface area contributed by atoms with Gasteiger partial charge in [0, 0.05) is 10.6 Å². The van der Waals surface area contributed by atoms with Crippen molar-refractivity contribution in [3.05, 3.63) is 71.3 Å². The third-order valence-electron chi connectivity index (χ3n) is 4.94. The Bertz CT molecular complexity index is 950. The van der Waals surface area contributed by atoms with Crippen LogP contribution in [0, 0.1) is 6.92 Å². The number of aryl methyl sites for hydroxylation is 1. The molecule has 2 atom stereocenters. The fourth-order valence-electron chi connectivity index (χ4n) is 3.82. The van der Waals surface area contributed by atoms with Gasteiger partial charge in [-0.2, -0.15) is 5.10 Å². The van der Waals surface area contributed by atoms with Crippen molar-refractivity contribution in [3.63, 3.8) is 0 Å². The van der Waals surface area contributed by atoms with Gasteiger partial charge in [0.25, 0.3) is 0 Å². The molecule has 1 fully saturated rings. The van der Waals surface area contributed by atoms with Crippen LogP contribution in [0.25, 0.3) is 0 Å². The van der Waals surface area contributed by atoms with Crippen LogP contribution in [-0.2, 0) is 21.8 Å². The summed E-state index contributed by atoms with van der Waals surface area (Å²) in [6.07, 6.45) is 4.15. The Labute approximate surface area is 175 Å². The van der Waals surface area contributed by atoms with E-state index in [1.165, 1.54) is 6.33 Å². The summed E-state index contributed by atoms with van der Waals surface area (Å²) in [6, 6.07) is 13.2. The Kier molecular flexibility index (Phi) is 5.58. The van der Waals surface area contributed by atoms with Crippen LogP contribution in [0.4, 0.5) is 0 Å². The lowest BCUT2D eigenvalue weighted by molar-refractivity contribution is -0.328. The van der Waals surface area contributed by atoms with Crippen molar-refractivity contribution in [2.45, 2.75) is 51.7 Å². The molecule has 0 bridgehead atoms. The maximum absolute atomic E-state index is 6.39. The Morgan fingerprint density at radius 3 is 2.41 bits per heavy atom. The van der Waals surface area contributed by atoms with E-state index in [0.717, 1.165) is 29.0 Å². The van der Waals surface area contributed by atoms with Crippen LogP contribution in [0.15, 0.2) is 55.1 Å². The molecule has 0 aliphatic carbocycles. The van der Waals surface area contributed by atoms with Crippen LogP contribution < -0.4 is 4.74 Å². The van der Waals surface area contributed by atoms with Crippen molar-refractivity contribution < 1.29 is 14.2 Å². The van der Waals surface area contributed by atoms with Gasteiger partial charge in [0.2, 0.25) is 5.79 Å². The molecule has 2 heterocycles. The highest BCUT2D eigenvalue weighted by Gasteiger charge is 2.43. The van der Waals surface area contributed by atoms with Crippen molar-refractivity contribution in [2.24, 2.45) is 0 Å². The van der Waals surface area contributed by atoms with Crippen molar-refractivity contribution in [3.8, 4) is 11.5 Å². The average molecular weight is 414 g/mol. The van der Waals surface area contributed by atoms with Gasteiger partial charge in [0.1, 0.15) is 30.7 Å². The normalized spacial score (nSPS) is 24.4. The largest absolute Gasteiger partial charge is 0.457 e. The highest BCUT2D eigenvalue weighted by molar-refractivity contribution is 6.30. The molecule has 1 aliphatic heterocycles. The van der Waals surface area contributed by atoms with E-state index in [0.29, 0.717) is 11.6 Å². The van der Waals surface area contributed by atoms with Gasteiger partial charge < -0.3 is 14.2 Å². The van der Waals surface area contributed by atoms with Gasteiger partial charge in [-0.05, 0) is 75.2 Å². The summed E-state index contributed by atoms with van der Waals surface area (Å²) < 4.78 is 20.5. The maximum atomic E-state index is 6.39. The first-order valence-corrected chi connectivity index (χ1v) is 10.0. The first-order chi connectivity index (χ1) is 13.9. The minimum Gasteiger partial charge on any atom is -0.457 e. The van der Waals surface area contributed by atoms with Gasteiger partial charge in [-0.25, -0.2) is 9.67 Å². The molecule has 7 heteroatoms. The Morgan fingerprint density at radius 1 is 1.10 bits per heavy atom. The van der Waals surface area contributed by atoms with Gasteiger partial charge in [-0.15, -0.1) is 0 Å². The summed E-state index contributed by atoms with van der Waals surface area (Å²) in [6.45, 7) is 6.59. The predicted molar refractivity (Wildman–Crippen MR) is 110 cm³/mol. The minimum absolute atomic E-state index is 0.0617. The van der Waals surface area contributed by atoms with Crippen LogP contribution in [0.2, 0.25) is 5.02 Å². The molecule has 152 valence electrons. The molecule has 1 aromatic heterocycles. The second-order valence-corrected chi connectivity index (χ2v) is 7.91. The maximum Gasteiger partial charge on any atom is 0.216 e. The molecule has 29 heavy (non-hydrogen) atoms. The Morgan fingerprint density at radius 2 is 1.79 bits per heavy atom. The van der Waals surface area contributed by atoms with Gasteiger partial charge in [0.15, 0.2) is 0 Å². The van der Waals surface area contributed by atoms with E-state index in [1.54, 1.807) is 23.1 Å². The number of rotatable bonds is 5. The molecule has 1 saturated heterocycles. The molecule has 0 radical (unpaired) electrons. The summed E-state index contributed by atoms with van der Waals surface area (Å²) in [5.41, 5.74) is 1.97. The highest BCUT2D eigenvalue weighted by Crippen LogP contribution is 2.40. The molecule has 0 N–H and O–H groups in total. The first-order valence-electron chi connectivity index (χ1n) is 9.66. The van der Waals surface area contributed by atoms with Crippen molar-refractivity contribution >= 4 is 11.6 Å². The fourth-order valence-corrected chi connectivity index (χ4v) is 3.95. The lowest BCUT2D eigenvalue weighted by atomic mass is 9.97. The van der Waals surface area contributed by atoms with Gasteiger partial charge in [0.05, 0.1) is 12.2 Å². The van der Waals surface area contributed by atoms with Crippen LogP contribution in [-0.4, -0.2) is 27.0 Å². The van der Waals surface area contributed by atoms with E-state index >= 15 is 0 Å². The van der Waals surface area contributed by atoms with Crippen molar-refractivity contribution in [1.82, 2.24) is 14.8 Å². The summed E-state index contributed by atoms with van der Waals surface area (Å²) in [7, 11) is 0. The molecule has 2 unspecified atom stereocenters. The highest BCUT2D eigenvalue weighted by atomic mass is 35.5. The number of ether oxygens (including phenoxy) is 3. The van der Waals surface area contributed by atoms with E-state index in [9.17, 15) is 0 Å². The van der Waals surface area contributed by atoms with Gasteiger partial charge in [-0.3, -0.25) is 0 Å². The van der Waals surface area contributed by atoms with Crippen LogP contribution in [0.1, 0.15) is 31.4 Å². The number of hydrogen-bond acceptors (Lipinski definition) is 5. The third-order valence-corrected chi connectivity index (χ3v) is 5.19. The lowest BCUT2D eigenvalue weighted by Gasteiger charge is -2.43. The molecular formula is C22H24ClN3O3.